The van der Waals surface area contributed by atoms with E-state index in [2.05, 4.69) is 25.3 Å². The van der Waals surface area contributed by atoms with Crippen LogP contribution in [0, 0.1) is 19.7 Å². The van der Waals surface area contributed by atoms with Crippen LogP contribution >= 0.6 is 0 Å². The normalized spacial score (nSPS) is 11.4. The molecule has 1 heterocycles. The molecule has 25 heavy (non-hydrogen) atoms. The average molecular weight is 367 g/mol. The lowest BCUT2D eigenvalue weighted by molar-refractivity contribution is 0.581. The molecule has 2 rings (SSSR count). The Kier molecular flexibility index (Phi) is 6.27. The van der Waals surface area contributed by atoms with E-state index in [1.54, 1.807) is 13.0 Å². The van der Waals surface area contributed by atoms with Gasteiger partial charge in [-0.25, -0.2) is 22.5 Å². The highest BCUT2D eigenvalue weighted by atomic mass is 32.2. The number of aromatic nitrogens is 2. The van der Waals surface area contributed by atoms with Crippen molar-refractivity contribution in [1.29, 1.82) is 0 Å². The maximum Gasteiger partial charge on any atom is 0.240 e. The van der Waals surface area contributed by atoms with Crippen LogP contribution in [-0.2, 0) is 10.0 Å². The molecule has 0 atom stereocenters. The molecule has 2 aromatic rings. The Morgan fingerprint density at radius 1 is 1.08 bits per heavy atom. The molecule has 3 N–H and O–H groups in total. The van der Waals surface area contributed by atoms with Crippen molar-refractivity contribution in [3.05, 3.63) is 41.3 Å². The van der Waals surface area contributed by atoms with Crippen LogP contribution < -0.4 is 15.4 Å². The minimum Gasteiger partial charge on any atom is -0.369 e. The molecule has 0 saturated carbocycles. The molecule has 136 valence electrons. The predicted molar refractivity (Wildman–Crippen MR) is 95.7 cm³/mol. The number of rotatable bonds is 8. The number of hydrogen-bond acceptors (Lipinski definition) is 6. The zero-order valence-electron chi connectivity index (χ0n) is 14.4. The third kappa shape index (κ3) is 5.36. The molecule has 0 bridgehead atoms. The number of sulfonamides is 1. The standard InChI is InChI=1S/C16H22FN5O2S/c1-4-18-16-21-12(3)10-15(22-16)19-7-8-20-25(23,24)14-6-5-13(17)9-11(14)2/h5-6,9-10,20H,4,7-8H2,1-3H3,(H2,18,19,21,22). The summed E-state index contributed by atoms with van der Waals surface area (Å²) in [5.41, 5.74) is 1.16. The molecule has 0 unspecified atom stereocenters. The Morgan fingerprint density at radius 2 is 1.84 bits per heavy atom. The van der Waals surface area contributed by atoms with Crippen molar-refractivity contribution < 1.29 is 12.8 Å². The highest BCUT2D eigenvalue weighted by Crippen LogP contribution is 2.15. The molecular formula is C16H22FN5O2S. The summed E-state index contributed by atoms with van der Waals surface area (Å²) in [6.45, 7) is 6.58. The Hall–Kier alpha value is -2.26. The van der Waals surface area contributed by atoms with E-state index in [1.165, 1.54) is 12.1 Å². The number of nitrogens with one attached hydrogen (secondary N) is 3. The Bertz CT molecular complexity index is 842. The van der Waals surface area contributed by atoms with Crippen molar-refractivity contribution in [3.8, 4) is 0 Å². The van der Waals surface area contributed by atoms with Crippen LogP contribution in [0.1, 0.15) is 18.2 Å². The molecular weight excluding hydrogens is 345 g/mol. The zero-order chi connectivity index (χ0) is 18.4. The molecule has 0 fully saturated rings. The molecule has 1 aromatic carbocycles. The lowest BCUT2D eigenvalue weighted by Gasteiger charge is -2.11. The van der Waals surface area contributed by atoms with Gasteiger partial charge in [0.2, 0.25) is 16.0 Å². The van der Waals surface area contributed by atoms with Gasteiger partial charge in [-0.05, 0) is 44.5 Å². The second-order valence-corrected chi connectivity index (χ2v) is 7.22. The first-order valence-corrected chi connectivity index (χ1v) is 9.39. The van der Waals surface area contributed by atoms with E-state index >= 15 is 0 Å². The molecule has 1 aromatic heterocycles. The Morgan fingerprint density at radius 3 is 2.52 bits per heavy atom. The number of halogens is 1. The van der Waals surface area contributed by atoms with Crippen LogP contribution in [0.25, 0.3) is 0 Å². The molecule has 0 amide bonds. The van der Waals surface area contributed by atoms with Crippen LogP contribution in [0.3, 0.4) is 0 Å². The van der Waals surface area contributed by atoms with Gasteiger partial charge in [-0.1, -0.05) is 0 Å². The summed E-state index contributed by atoms with van der Waals surface area (Å²) in [4.78, 5) is 8.60. The van der Waals surface area contributed by atoms with Gasteiger partial charge in [-0.15, -0.1) is 0 Å². The Labute approximate surface area is 147 Å². The fourth-order valence-electron chi connectivity index (χ4n) is 2.26. The summed E-state index contributed by atoms with van der Waals surface area (Å²) in [6, 6.07) is 5.36. The molecule has 0 aliphatic carbocycles. The summed E-state index contributed by atoms with van der Waals surface area (Å²) in [5.74, 6) is 0.668. The maximum atomic E-state index is 13.1. The van der Waals surface area contributed by atoms with Gasteiger partial charge in [0.15, 0.2) is 0 Å². The summed E-state index contributed by atoms with van der Waals surface area (Å²) in [7, 11) is -3.69. The number of hydrogen-bond donors (Lipinski definition) is 3. The smallest absolute Gasteiger partial charge is 0.240 e. The molecule has 0 aliphatic rings. The van der Waals surface area contributed by atoms with Crippen LogP contribution in [-0.4, -0.2) is 38.0 Å². The summed E-state index contributed by atoms with van der Waals surface area (Å²) in [6.07, 6.45) is 0. The van der Waals surface area contributed by atoms with Crippen molar-refractivity contribution in [2.24, 2.45) is 0 Å². The van der Waals surface area contributed by atoms with Crippen LogP contribution in [0.2, 0.25) is 0 Å². The fraction of sp³-hybridized carbons (Fsp3) is 0.375. The van der Waals surface area contributed by atoms with E-state index in [0.717, 1.165) is 11.8 Å². The van der Waals surface area contributed by atoms with Crippen molar-refractivity contribution in [3.63, 3.8) is 0 Å². The van der Waals surface area contributed by atoms with Gasteiger partial charge < -0.3 is 10.6 Å². The third-order valence-corrected chi connectivity index (χ3v) is 4.96. The van der Waals surface area contributed by atoms with E-state index in [9.17, 15) is 12.8 Å². The van der Waals surface area contributed by atoms with Crippen LogP contribution in [0.4, 0.5) is 16.2 Å². The number of nitrogens with zero attached hydrogens (tertiary/aromatic N) is 2. The lowest BCUT2D eigenvalue weighted by atomic mass is 10.2. The van der Waals surface area contributed by atoms with Crippen molar-refractivity contribution in [2.75, 3.05) is 30.3 Å². The average Bonchev–Trinajstić information content (AvgIpc) is 2.51. The number of aryl methyl sites for hydroxylation is 2. The first kappa shape index (κ1) is 19.1. The number of benzene rings is 1. The van der Waals surface area contributed by atoms with E-state index in [1.807, 2.05) is 13.8 Å². The molecule has 0 aliphatic heterocycles. The van der Waals surface area contributed by atoms with Crippen molar-refractivity contribution in [1.82, 2.24) is 14.7 Å². The van der Waals surface area contributed by atoms with Gasteiger partial charge in [0, 0.05) is 31.4 Å². The van der Waals surface area contributed by atoms with E-state index in [-0.39, 0.29) is 11.4 Å². The minimum absolute atomic E-state index is 0.0706. The topological polar surface area (TPSA) is 96.0 Å². The first-order chi connectivity index (χ1) is 11.8. The van der Waals surface area contributed by atoms with Gasteiger partial charge in [-0.3, -0.25) is 0 Å². The first-order valence-electron chi connectivity index (χ1n) is 7.91. The third-order valence-electron chi connectivity index (χ3n) is 3.34. The van der Waals surface area contributed by atoms with Gasteiger partial charge in [0.1, 0.15) is 11.6 Å². The summed E-state index contributed by atoms with van der Waals surface area (Å²) >= 11 is 0. The molecule has 0 radical (unpaired) electrons. The number of anilines is 2. The quantitative estimate of drug-likeness (QED) is 0.618. The monoisotopic (exact) mass is 367 g/mol. The van der Waals surface area contributed by atoms with Gasteiger partial charge in [0.05, 0.1) is 4.90 Å². The highest BCUT2D eigenvalue weighted by molar-refractivity contribution is 7.89. The van der Waals surface area contributed by atoms with Crippen LogP contribution in [0.5, 0.6) is 0 Å². The van der Waals surface area contributed by atoms with E-state index in [4.69, 9.17) is 0 Å². The second kappa shape index (κ2) is 8.21. The Balaban J connectivity index is 1.94. The lowest BCUT2D eigenvalue weighted by Crippen LogP contribution is -2.29. The van der Waals surface area contributed by atoms with Gasteiger partial charge >= 0.3 is 0 Å². The molecule has 9 heteroatoms. The van der Waals surface area contributed by atoms with Gasteiger partial charge in [0.25, 0.3) is 0 Å². The molecule has 7 nitrogen and oxygen atoms in total. The van der Waals surface area contributed by atoms with Crippen LogP contribution in [0.15, 0.2) is 29.2 Å². The van der Waals surface area contributed by atoms with Gasteiger partial charge in [-0.2, -0.15) is 4.98 Å². The minimum atomic E-state index is -3.69. The summed E-state index contributed by atoms with van der Waals surface area (Å²) < 4.78 is 40.1. The molecule has 0 spiro atoms. The molecule has 0 saturated heterocycles. The highest BCUT2D eigenvalue weighted by Gasteiger charge is 2.16. The summed E-state index contributed by atoms with van der Waals surface area (Å²) in [5, 5.41) is 6.09. The zero-order valence-corrected chi connectivity index (χ0v) is 15.2. The second-order valence-electron chi connectivity index (χ2n) is 5.48. The fourth-order valence-corrected chi connectivity index (χ4v) is 3.52. The largest absolute Gasteiger partial charge is 0.369 e. The van der Waals surface area contributed by atoms with Crippen molar-refractivity contribution in [2.45, 2.75) is 25.7 Å². The van der Waals surface area contributed by atoms with Crippen molar-refractivity contribution >= 4 is 21.8 Å². The predicted octanol–water partition coefficient (Wildman–Crippen LogP) is 2.05. The maximum absolute atomic E-state index is 13.1. The SMILES string of the molecule is CCNc1nc(C)cc(NCCNS(=O)(=O)c2ccc(F)cc2C)n1. The van der Waals surface area contributed by atoms with E-state index < -0.39 is 15.8 Å². The van der Waals surface area contributed by atoms with E-state index in [0.29, 0.717) is 30.4 Å².